The van der Waals surface area contributed by atoms with E-state index in [1.807, 2.05) is 24.3 Å². The maximum Gasteiger partial charge on any atom is 0.277 e. The number of sulfonamides is 1. The lowest BCUT2D eigenvalue weighted by molar-refractivity contribution is 0.272. The second kappa shape index (κ2) is 9.43. The summed E-state index contributed by atoms with van der Waals surface area (Å²) in [6.45, 7) is 0.978. The molecule has 0 aliphatic carbocycles. The summed E-state index contributed by atoms with van der Waals surface area (Å²) < 4.78 is 40.0. The van der Waals surface area contributed by atoms with Gasteiger partial charge in [0.25, 0.3) is 5.56 Å². The topological polar surface area (TPSA) is 104 Å². The monoisotopic (exact) mass is 497 g/mol. The van der Waals surface area contributed by atoms with Crippen LogP contribution in [0, 0.1) is 11.7 Å². The van der Waals surface area contributed by atoms with Gasteiger partial charge >= 0.3 is 0 Å². The number of aromatic nitrogens is 4. The molecular weight excluding hydrogens is 469 g/mol. The first-order chi connectivity index (χ1) is 16.8. The largest absolute Gasteiger partial charge is 0.322 e. The molecule has 0 amide bonds. The van der Waals surface area contributed by atoms with Crippen LogP contribution in [-0.2, 0) is 29.3 Å². The van der Waals surface area contributed by atoms with E-state index in [-0.39, 0.29) is 17.3 Å². The lowest BCUT2D eigenvalue weighted by Crippen LogP contribution is -2.38. The molecule has 8 nitrogen and oxygen atoms in total. The Morgan fingerprint density at radius 3 is 2.46 bits per heavy atom. The predicted octanol–water partition coefficient (Wildman–Crippen LogP) is 3.18. The van der Waals surface area contributed by atoms with Gasteiger partial charge in [-0.1, -0.05) is 24.3 Å². The fraction of sp³-hybridized carbons (Fsp3) is 0.360. The molecule has 35 heavy (non-hydrogen) atoms. The Labute approximate surface area is 202 Å². The quantitative estimate of drug-likeness (QED) is 0.409. The first kappa shape index (κ1) is 23.5. The van der Waals surface area contributed by atoms with E-state index < -0.39 is 10.0 Å². The molecule has 0 radical (unpaired) electrons. The molecule has 1 fully saturated rings. The number of piperidine rings is 1. The Balaban J connectivity index is 1.43. The highest BCUT2D eigenvalue weighted by atomic mass is 32.2. The fourth-order valence-electron chi connectivity index (χ4n) is 4.79. The Morgan fingerprint density at radius 2 is 1.77 bits per heavy atom. The van der Waals surface area contributed by atoms with Crippen molar-refractivity contribution in [3.05, 3.63) is 81.5 Å². The van der Waals surface area contributed by atoms with Crippen LogP contribution in [-0.4, -0.2) is 51.8 Å². The summed E-state index contributed by atoms with van der Waals surface area (Å²) in [5.74, 6) is 0.404. The van der Waals surface area contributed by atoms with E-state index in [1.165, 1.54) is 27.4 Å². The zero-order valence-electron chi connectivity index (χ0n) is 19.5. The van der Waals surface area contributed by atoms with E-state index in [0.29, 0.717) is 43.9 Å². The number of H-pyrrole nitrogens is 2. The van der Waals surface area contributed by atoms with Crippen molar-refractivity contribution in [3.63, 3.8) is 0 Å². The molecule has 10 heteroatoms. The molecule has 0 unspecified atom stereocenters. The van der Waals surface area contributed by atoms with E-state index in [1.54, 1.807) is 12.1 Å². The maximum atomic E-state index is 13.5. The zero-order chi connectivity index (χ0) is 24.6. The van der Waals surface area contributed by atoms with E-state index in [4.69, 9.17) is 0 Å². The number of para-hydroxylation sites is 2. The van der Waals surface area contributed by atoms with Gasteiger partial charge in [-0.05, 0) is 67.9 Å². The first-order valence-electron chi connectivity index (χ1n) is 11.8. The number of rotatable bonds is 7. The van der Waals surface area contributed by atoms with Gasteiger partial charge in [0, 0.05) is 24.3 Å². The van der Waals surface area contributed by atoms with Crippen molar-refractivity contribution in [2.45, 2.75) is 32.1 Å². The normalized spacial score (nSPS) is 15.7. The summed E-state index contributed by atoms with van der Waals surface area (Å²) in [5, 5.41) is 3.28. The van der Waals surface area contributed by atoms with Crippen molar-refractivity contribution in [1.82, 2.24) is 24.1 Å². The number of halogens is 1. The summed E-state index contributed by atoms with van der Waals surface area (Å²) in [5.41, 5.74) is 3.93. The summed E-state index contributed by atoms with van der Waals surface area (Å²) in [6.07, 6.45) is 4.48. The number of hydrogen-bond donors (Lipinski definition) is 2. The fourth-order valence-corrected chi connectivity index (χ4v) is 5.67. The number of nitrogens with one attached hydrogen (secondary N) is 2. The Hall–Kier alpha value is -3.24. The molecule has 1 saturated heterocycles. The van der Waals surface area contributed by atoms with E-state index >= 15 is 0 Å². The highest BCUT2D eigenvalue weighted by Gasteiger charge is 2.27. The average Bonchev–Trinajstić information content (AvgIpc) is 3.39. The minimum absolute atomic E-state index is 0.158. The number of hydrogen-bond acceptors (Lipinski definition) is 4. The number of imidazole rings is 1. The van der Waals surface area contributed by atoms with Crippen LogP contribution in [0.5, 0.6) is 0 Å². The molecule has 184 valence electrons. The maximum absolute atomic E-state index is 13.5. The highest BCUT2D eigenvalue weighted by Crippen LogP contribution is 2.24. The van der Waals surface area contributed by atoms with Gasteiger partial charge in [0.2, 0.25) is 16.0 Å². The molecule has 2 aromatic carbocycles. The summed E-state index contributed by atoms with van der Waals surface area (Å²) in [7, 11) is -3.19. The molecule has 2 N–H and O–H groups in total. The second-order valence-corrected chi connectivity index (χ2v) is 11.2. The lowest BCUT2D eigenvalue weighted by atomic mass is 9.91. The van der Waals surface area contributed by atoms with E-state index in [9.17, 15) is 17.6 Å². The van der Waals surface area contributed by atoms with Gasteiger partial charge in [-0.15, -0.1) is 0 Å². The summed E-state index contributed by atoms with van der Waals surface area (Å²) in [6, 6.07) is 13.9. The summed E-state index contributed by atoms with van der Waals surface area (Å²) in [4.78, 5) is 21.3. The molecule has 5 rings (SSSR count). The van der Waals surface area contributed by atoms with Crippen LogP contribution >= 0.6 is 0 Å². The van der Waals surface area contributed by atoms with Crippen LogP contribution in [0.25, 0.3) is 17.0 Å². The van der Waals surface area contributed by atoms with Crippen LogP contribution in [0.3, 0.4) is 0 Å². The van der Waals surface area contributed by atoms with Gasteiger partial charge in [-0.2, -0.15) is 4.68 Å². The average molecular weight is 498 g/mol. The third-order valence-corrected chi connectivity index (χ3v) is 8.08. The molecule has 0 atom stereocenters. The number of nitrogens with zero attached hydrogens (tertiary/aromatic N) is 3. The molecular formula is C25H28FN5O3S. The lowest BCUT2D eigenvalue weighted by Gasteiger charge is -2.30. The van der Waals surface area contributed by atoms with E-state index in [0.717, 1.165) is 35.1 Å². The smallest absolute Gasteiger partial charge is 0.277 e. The van der Waals surface area contributed by atoms with Crippen molar-refractivity contribution >= 4 is 21.1 Å². The SMILES string of the molecule is CS(=O)(=O)N1CCC(Cc2[nH]n(-c3nc4ccccc4[nH]3)c(=O)c2CCc2ccc(F)cc2)CC1. The Bertz CT molecular complexity index is 1460. The van der Waals surface area contributed by atoms with Crippen LogP contribution in [0.2, 0.25) is 0 Å². The van der Waals surface area contributed by atoms with Crippen LogP contribution in [0.4, 0.5) is 4.39 Å². The highest BCUT2D eigenvalue weighted by molar-refractivity contribution is 7.88. The Kier molecular flexibility index (Phi) is 6.33. The van der Waals surface area contributed by atoms with Crippen molar-refractivity contribution in [1.29, 1.82) is 0 Å². The number of aryl methyl sites for hydroxylation is 1. The number of benzene rings is 2. The number of fused-ring (bicyclic) bond motifs is 1. The minimum Gasteiger partial charge on any atom is -0.322 e. The standard InChI is InChI=1S/C25H28FN5O3S/c1-35(33,34)30-14-12-18(13-15-30)16-23-20(11-8-17-6-9-19(26)10-7-17)24(32)31(29-23)25-27-21-4-2-3-5-22(21)28-25/h2-7,9-10,18,29H,8,11-16H2,1H3,(H,27,28). The summed E-state index contributed by atoms with van der Waals surface area (Å²) >= 11 is 0. The molecule has 4 aromatic rings. The van der Waals surface area contributed by atoms with Gasteiger partial charge in [-0.3, -0.25) is 9.89 Å². The Morgan fingerprint density at radius 1 is 1.06 bits per heavy atom. The first-order valence-corrected chi connectivity index (χ1v) is 13.6. The second-order valence-electron chi connectivity index (χ2n) is 9.22. The zero-order valence-corrected chi connectivity index (χ0v) is 20.3. The van der Waals surface area contributed by atoms with Gasteiger partial charge in [0.1, 0.15) is 5.82 Å². The van der Waals surface area contributed by atoms with Gasteiger partial charge in [-0.25, -0.2) is 22.1 Å². The van der Waals surface area contributed by atoms with E-state index in [2.05, 4.69) is 15.1 Å². The predicted molar refractivity (Wildman–Crippen MR) is 133 cm³/mol. The van der Waals surface area contributed by atoms with Gasteiger partial charge < -0.3 is 4.98 Å². The molecule has 3 heterocycles. The molecule has 0 bridgehead atoms. The molecule has 1 aliphatic heterocycles. The molecule has 0 saturated carbocycles. The third-order valence-electron chi connectivity index (χ3n) is 6.77. The third kappa shape index (κ3) is 5.08. The molecule has 0 spiro atoms. The molecule has 1 aliphatic rings. The number of aromatic amines is 2. The van der Waals surface area contributed by atoms with Crippen molar-refractivity contribution in [2.75, 3.05) is 19.3 Å². The van der Waals surface area contributed by atoms with Gasteiger partial charge in [0.05, 0.1) is 17.3 Å². The van der Waals surface area contributed by atoms with Gasteiger partial charge in [0.15, 0.2) is 0 Å². The van der Waals surface area contributed by atoms with Crippen molar-refractivity contribution < 1.29 is 12.8 Å². The van der Waals surface area contributed by atoms with Crippen LogP contribution in [0.1, 0.15) is 29.7 Å². The molecule has 2 aromatic heterocycles. The van der Waals surface area contributed by atoms with Crippen molar-refractivity contribution in [3.8, 4) is 5.95 Å². The van der Waals surface area contributed by atoms with Crippen LogP contribution < -0.4 is 5.56 Å². The van der Waals surface area contributed by atoms with Crippen LogP contribution in [0.15, 0.2) is 53.3 Å². The van der Waals surface area contributed by atoms with Crippen molar-refractivity contribution in [2.24, 2.45) is 5.92 Å². The minimum atomic E-state index is -3.19.